The van der Waals surface area contributed by atoms with Gasteiger partial charge in [-0.3, -0.25) is 9.80 Å². The number of carbonyl (C=O) groups excluding carboxylic acids is 1. The van der Waals surface area contributed by atoms with E-state index in [1.165, 1.54) is 6.92 Å². The summed E-state index contributed by atoms with van der Waals surface area (Å²) in [6.07, 6.45) is 0. The summed E-state index contributed by atoms with van der Waals surface area (Å²) < 4.78 is 0. The highest BCUT2D eigenvalue weighted by molar-refractivity contribution is 5.91. The molecule has 1 aromatic rings. The van der Waals surface area contributed by atoms with Crippen LogP contribution in [0.2, 0.25) is 0 Å². The molecule has 0 aliphatic heterocycles. The van der Waals surface area contributed by atoms with Crippen molar-refractivity contribution in [2.24, 2.45) is 10.3 Å². The maximum absolute atomic E-state index is 10.8. The smallest absolute Gasteiger partial charge is 0.179 e. The highest BCUT2D eigenvalue weighted by atomic mass is 16.1. The maximum Gasteiger partial charge on any atom is 0.179 e. The number of ketones is 1. The highest BCUT2D eigenvalue weighted by Gasteiger charge is 1.99. The molecule has 0 aliphatic carbocycles. The first-order chi connectivity index (χ1) is 7.59. The van der Waals surface area contributed by atoms with E-state index in [0.29, 0.717) is 6.54 Å². The third kappa shape index (κ3) is 4.04. The molecule has 0 radical (unpaired) electrons. The molecule has 84 valence electrons. The van der Waals surface area contributed by atoms with Gasteiger partial charge in [-0.15, -0.1) is 5.11 Å². The van der Waals surface area contributed by atoms with Crippen LogP contribution in [0.1, 0.15) is 12.5 Å². The summed E-state index contributed by atoms with van der Waals surface area (Å²) in [5, 5.41) is 9.26. The van der Waals surface area contributed by atoms with Gasteiger partial charge in [0.25, 0.3) is 0 Å². The van der Waals surface area contributed by atoms with E-state index in [9.17, 15) is 4.79 Å². The molecule has 1 aromatic carbocycles. The molecule has 4 heteroatoms. The fourth-order valence-corrected chi connectivity index (χ4v) is 1.08. The maximum atomic E-state index is 10.8. The van der Waals surface area contributed by atoms with Gasteiger partial charge in [0.1, 0.15) is 5.70 Å². The molecule has 0 saturated heterocycles. The number of rotatable bonds is 5. The normalized spacial score (nSPS) is 10.4. The first-order valence-corrected chi connectivity index (χ1v) is 4.96. The first-order valence-electron chi connectivity index (χ1n) is 4.96. The highest BCUT2D eigenvalue weighted by Crippen LogP contribution is 2.04. The number of hydrogen-bond donors (Lipinski definition) is 0. The second-order valence-corrected chi connectivity index (χ2v) is 3.49. The quantitative estimate of drug-likeness (QED) is 0.432. The van der Waals surface area contributed by atoms with Crippen molar-refractivity contribution in [3.05, 3.63) is 48.2 Å². The Labute approximate surface area is 95.3 Å². The van der Waals surface area contributed by atoms with Crippen LogP contribution < -0.4 is 0 Å². The van der Waals surface area contributed by atoms with Gasteiger partial charge in [0.2, 0.25) is 0 Å². The second kappa shape index (κ2) is 5.80. The van der Waals surface area contributed by atoms with Crippen LogP contribution in [0.15, 0.2) is 52.9 Å². The zero-order valence-electron chi connectivity index (χ0n) is 9.55. The Morgan fingerprint density at radius 1 is 1.38 bits per heavy atom. The van der Waals surface area contributed by atoms with Crippen LogP contribution in [0.5, 0.6) is 0 Å². The molecule has 0 aromatic heterocycles. The number of hydrogen-bond acceptors (Lipinski definition) is 3. The number of allylic oxidation sites excluding steroid dienone is 1. The Balaban J connectivity index is 2.51. The van der Waals surface area contributed by atoms with E-state index in [1.807, 2.05) is 30.3 Å². The minimum Gasteiger partial charge on any atom is -0.293 e. The lowest BCUT2D eigenvalue weighted by Crippen LogP contribution is -2.09. The minimum atomic E-state index is -0.170. The van der Waals surface area contributed by atoms with E-state index in [0.717, 1.165) is 5.56 Å². The summed E-state index contributed by atoms with van der Waals surface area (Å²) in [4.78, 5) is 10.8. The molecular formula is C12H15N3O. The van der Waals surface area contributed by atoms with Crippen LogP contribution in [-0.4, -0.2) is 17.8 Å². The molecule has 0 saturated carbocycles. The number of carbonyl (C=O) groups is 1. The molecule has 0 N–H and O–H groups in total. The summed E-state index contributed by atoms with van der Waals surface area (Å²) in [7, 11) is 1.80. The standard InChI is InChI=1S/C12H15N3O/c1-10(11(2)16)13-14-15(3)9-12-7-5-4-6-8-12/h4-8H,1,9H2,2-3H3. The summed E-state index contributed by atoms with van der Waals surface area (Å²) >= 11 is 0. The van der Waals surface area contributed by atoms with Gasteiger partial charge < -0.3 is 0 Å². The average molecular weight is 217 g/mol. The van der Waals surface area contributed by atoms with Crippen LogP contribution in [-0.2, 0) is 11.3 Å². The van der Waals surface area contributed by atoms with Crippen LogP contribution >= 0.6 is 0 Å². The number of nitrogens with zero attached hydrogens (tertiary/aromatic N) is 3. The van der Waals surface area contributed by atoms with Crippen LogP contribution in [0.3, 0.4) is 0 Å². The summed E-state index contributed by atoms with van der Waals surface area (Å²) in [5.41, 5.74) is 1.30. The lowest BCUT2D eigenvalue weighted by molar-refractivity contribution is -0.113. The monoisotopic (exact) mass is 217 g/mol. The van der Waals surface area contributed by atoms with Crippen molar-refractivity contribution >= 4 is 5.78 Å². The number of Topliss-reactive ketones (excluding diaryl/α,β-unsaturated/α-hetero) is 1. The molecule has 4 nitrogen and oxygen atoms in total. The average Bonchev–Trinajstić information content (AvgIpc) is 2.27. The van der Waals surface area contributed by atoms with E-state index < -0.39 is 0 Å². The Morgan fingerprint density at radius 3 is 2.56 bits per heavy atom. The van der Waals surface area contributed by atoms with Crippen molar-refractivity contribution in [2.75, 3.05) is 7.05 Å². The van der Waals surface area contributed by atoms with Gasteiger partial charge in [0.15, 0.2) is 5.78 Å². The van der Waals surface area contributed by atoms with Gasteiger partial charge in [-0.2, -0.15) is 0 Å². The minimum absolute atomic E-state index is 0.167. The molecule has 16 heavy (non-hydrogen) atoms. The largest absolute Gasteiger partial charge is 0.293 e. The molecule has 0 bridgehead atoms. The molecule has 0 spiro atoms. The Hall–Kier alpha value is -1.97. The van der Waals surface area contributed by atoms with Crippen molar-refractivity contribution < 1.29 is 4.79 Å². The molecule has 0 fully saturated rings. The lowest BCUT2D eigenvalue weighted by atomic mass is 10.2. The van der Waals surface area contributed by atoms with Crippen LogP contribution in [0.25, 0.3) is 0 Å². The van der Waals surface area contributed by atoms with Gasteiger partial charge in [0, 0.05) is 14.0 Å². The first kappa shape index (κ1) is 12.1. The van der Waals surface area contributed by atoms with Gasteiger partial charge in [-0.05, 0) is 5.56 Å². The van der Waals surface area contributed by atoms with Crippen molar-refractivity contribution in [1.82, 2.24) is 5.01 Å². The topological polar surface area (TPSA) is 45.0 Å². The number of benzene rings is 1. The zero-order valence-corrected chi connectivity index (χ0v) is 9.55. The summed E-state index contributed by atoms with van der Waals surface area (Å²) in [5.74, 6) is -0.170. The molecule has 0 atom stereocenters. The van der Waals surface area contributed by atoms with Crippen molar-refractivity contribution in [3.8, 4) is 0 Å². The van der Waals surface area contributed by atoms with Crippen molar-refractivity contribution in [3.63, 3.8) is 0 Å². The fourth-order valence-electron chi connectivity index (χ4n) is 1.08. The molecule has 1 rings (SSSR count). The van der Waals surface area contributed by atoms with E-state index in [4.69, 9.17) is 0 Å². The summed E-state index contributed by atoms with van der Waals surface area (Å²) in [6.45, 7) is 5.56. The van der Waals surface area contributed by atoms with E-state index in [-0.39, 0.29) is 11.5 Å². The predicted molar refractivity (Wildman–Crippen MR) is 62.6 cm³/mol. The van der Waals surface area contributed by atoms with Gasteiger partial charge in [0.05, 0.1) is 6.54 Å². The summed E-state index contributed by atoms with van der Waals surface area (Å²) in [6, 6.07) is 9.91. The van der Waals surface area contributed by atoms with Gasteiger partial charge in [-0.1, -0.05) is 42.1 Å². The second-order valence-electron chi connectivity index (χ2n) is 3.49. The third-order valence-corrected chi connectivity index (χ3v) is 1.98. The Kier molecular flexibility index (Phi) is 4.39. The van der Waals surface area contributed by atoms with Crippen LogP contribution in [0, 0.1) is 0 Å². The van der Waals surface area contributed by atoms with Gasteiger partial charge >= 0.3 is 0 Å². The van der Waals surface area contributed by atoms with E-state index in [1.54, 1.807) is 12.1 Å². The SMILES string of the molecule is C=C(N=NN(C)Cc1ccccc1)C(C)=O. The fraction of sp³-hybridized carbons (Fsp3) is 0.250. The van der Waals surface area contributed by atoms with E-state index in [2.05, 4.69) is 16.9 Å². The third-order valence-electron chi connectivity index (χ3n) is 1.98. The zero-order chi connectivity index (χ0) is 12.0. The van der Waals surface area contributed by atoms with Crippen molar-refractivity contribution in [2.45, 2.75) is 13.5 Å². The van der Waals surface area contributed by atoms with Gasteiger partial charge in [-0.25, -0.2) is 0 Å². The van der Waals surface area contributed by atoms with Crippen molar-refractivity contribution in [1.29, 1.82) is 0 Å². The van der Waals surface area contributed by atoms with Crippen LogP contribution in [0.4, 0.5) is 0 Å². The van der Waals surface area contributed by atoms with E-state index >= 15 is 0 Å². The molecule has 0 unspecified atom stereocenters. The molecule has 0 heterocycles. The molecular weight excluding hydrogens is 202 g/mol. The Bertz CT molecular complexity index is 398. The predicted octanol–water partition coefficient (Wildman–Crippen LogP) is 2.59. The Morgan fingerprint density at radius 2 is 2.00 bits per heavy atom. The molecule has 0 amide bonds. The lowest BCUT2D eigenvalue weighted by Gasteiger charge is -2.10. The molecule has 0 aliphatic rings.